The van der Waals surface area contributed by atoms with Crippen LogP contribution in [0.15, 0.2) is 30.3 Å². The quantitative estimate of drug-likeness (QED) is 0.825. The molecule has 2 aliphatic heterocycles. The van der Waals surface area contributed by atoms with Crippen molar-refractivity contribution < 1.29 is 9.53 Å². The molecule has 0 aromatic heterocycles. The third-order valence-corrected chi connectivity index (χ3v) is 5.02. The molecule has 0 aliphatic carbocycles. The maximum atomic E-state index is 12.5. The molecule has 3 rings (SSSR count). The minimum Gasteiger partial charge on any atom is -0.444 e. The van der Waals surface area contributed by atoms with Crippen molar-refractivity contribution in [3.8, 4) is 0 Å². The molecule has 0 saturated carbocycles. The van der Waals surface area contributed by atoms with Crippen molar-refractivity contribution in [2.75, 3.05) is 11.9 Å². The molecule has 3 atom stereocenters. The Bertz CT molecular complexity index is 538. The van der Waals surface area contributed by atoms with Crippen molar-refractivity contribution in [1.82, 2.24) is 4.90 Å². The molecule has 4 heteroatoms. The molecule has 2 fully saturated rings. The van der Waals surface area contributed by atoms with Crippen molar-refractivity contribution in [1.29, 1.82) is 0 Å². The Hall–Kier alpha value is -1.71. The highest BCUT2D eigenvalue weighted by molar-refractivity contribution is 5.69. The highest BCUT2D eigenvalue weighted by Crippen LogP contribution is 2.39. The second kappa shape index (κ2) is 6.06. The second-order valence-electron chi connectivity index (χ2n) is 7.84. The van der Waals surface area contributed by atoms with Gasteiger partial charge in [-0.2, -0.15) is 0 Å². The molecule has 2 aliphatic rings. The lowest BCUT2D eigenvalue weighted by atomic mass is 9.96. The first-order valence-electron chi connectivity index (χ1n) is 8.64. The normalized spacial score (nSPS) is 27.0. The van der Waals surface area contributed by atoms with Gasteiger partial charge in [0.05, 0.1) is 0 Å². The van der Waals surface area contributed by atoms with Gasteiger partial charge in [0.1, 0.15) is 5.60 Å². The monoisotopic (exact) mass is 316 g/mol. The van der Waals surface area contributed by atoms with Gasteiger partial charge >= 0.3 is 6.09 Å². The summed E-state index contributed by atoms with van der Waals surface area (Å²) in [7, 11) is 2.17. The van der Waals surface area contributed by atoms with Gasteiger partial charge in [-0.05, 0) is 58.6 Å². The van der Waals surface area contributed by atoms with Crippen LogP contribution in [0.5, 0.6) is 0 Å². The SMILES string of the molecule is CN(c1ccccc1)[C@H]1C[C@H]2CC[C@@H](C1)N2C(=O)OC(C)(C)C. The molecule has 1 aromatic carbocycles. The molecule has 0 N–H and O–H groups in total. The topological polar surface area (TPSA) is 32.8 Å². The molecular formula is C19H28N2O2. The van der Waals surface area contributed by atoms with Gasteiger partial charge in [-0.1, -0.05) is 18.2 Å². The van der Waals surface area contributed by atoms with E-state index in [1.54, 1.807) is 0 Å². The van der Waals surface area contributed by atoms with Crippen molar-refractivity contribution in [3.63, 3.8) is 0 Å². The van der Waals surface area contributed by atoms with Gasteiger partial charge in [0.15, 0.2) is 0 Å². The van der Waals surface area contributed by atoms with Gasteiger partial charge in [-0.3, -0.25) is 0 Å². The van der Waals surface area contributed by atoms with Crippen LogP contribution >= 0.6 is 0 Å². The molecule has 2 saturated heterocycles. The van der Waals surface area contributed by atoms with Gasteiger partial charge in [0.2, 0.25) is 0 Å². The Balaban J connectivity index is 1.68. The van der Waals surface area contributed by atoms with Crippen LogP contribution in [0.2, 0.25) is 0 Å². The summed E-state index contributed by atoms with van der Waals surface area (Å²) in [6, 6.07) is 11.6. The van der Waals surface area contributed by atoms with Crippen LogP contribution in [0.3, 0.4) is 0 Å². The lowest BCUT2D eigenvalue weighted by Gasteiger charge is -2.43. The van der Waals surface area contributed by atoms with E-state index in [4.69, 9.17) is 4.74 Å². The number of hydrogen-bond acceptors (Lipinski definition) is 3. The van der Waals surface area contributed by atoms with Crippen molar-refractivity contribution in [2.45, 2.75) is 70.2 Å². The van der Waals surface area contributed by atoms with E-state index in [1.807, 2.05) is 31.7 Å². The Morgan fingerprint density at radius 3 is 2.22 bits per heavy atom. The molecular weight excluding hydrogens is 288 g/mol. The number of fused-ring (bicyclic) bond motifs is 2. The first-order chi connectivity index (χ1) is 10.8. The van der Waals surface area contributed by atoms with E-state index >= 15 is 0 Å². The summed E-state index contributed by atoms with van der Waals surface area (Å²) >= 11 is 0. The maximum Gasteiger partial charge on any atom is 0.410 e. The third kappa shape index (κ3) is 3.46. The number of anilines is 1. The average Bonchev–Trinajstić information content (AvgIpc) is 2.76. The lowest BCUT2D eigenvalue weighted by Crippen LogP contribution is -2.53. The zero-order valence-electron chi connectivity index (χ0n) is 14.7. The number of para-hydroxylation sites is 1. The maximum absolute atomic E-state index is 12.5. The van der Waals surface area contributed by atoms with Crippen LogP contribution < -0.4 is 4.90 Å². The number of piperidine rings is 1. The molecule has 0 unspecified atom stereocenters. The standard InChI is InChI=1S/C19H28N2O2/c1-19(2,3)23-18(22)21-15-10-11-16(21)13-17(12-15)20(4)14-8-6-5-7-9-14/h5-9,15-17H,10-13H2,1-4H3/t15-,16+,17+. The Morgan fingerprint density at radius 2 is 1.70 bits per heavy atom. The van der Waals surface area contributed by atoms with E-state index in [2.05, 4.69) is 36.2 Å². The summed E-state index contributed by atoms with van der Waals surface area (Å²) in [5.41, 5.74) is 0.830. The molecule has 2 bridgehead atoms. The third-order valence-electron chi connectivity index (χ3n) is 5.02. The average molecular weight is 316 g/mol. The molecule has 0 radical (unpaired) electrons. The van der Waals surface area contributed by atoms with Gasteiger partial charge in [-0.15, -0.1) is 0 Å². The van der Waals surface area contributed by atoms with E-state index in [9.17, 15) is 4.79 Å². The largest absolute Gasteiger partial charge is 0.444 e. The number of carbonyl (C=O) groups is 1. The highest BCUT2D eigenvalue weighted by Gasteiger charge is 2.45. The van der Waals surface area contributed by atoms with Gasteiger partial charge in [0.25, 0.3) is 0 Å². The Kier molecular flexibility index (Phi) is 4.26. The smallest absolute Gasteiger partial charge is 0.410 e. The van der Waals surface area contributed by atoms with Crippen LogP contribution in [0.25, 0.3) is 0 Å². The number of rotatable bonds is 2. The lowest BCUT2D eigenvalue weighted by molar-refractivity contribution is 0.00599. The molecule has 1 aromatic rings. The van der Waals surface area contributed by atoms with Crippen LogP contribution in [0.4, 0.5) is 10.5 Å². The van der Waals surface area contributed by atoms with Crippen LogP contribution in [0.1, 0.15) is 46.5 Å². The summed E-state index contributed by atoms with van der Waals surface area (Å²) in [5.74, 6) is 0. The summed E-state index contributed by atoms with van der Waals surface area (Å²) in [6.07, 6.45) is 4.12. The predicted octanol–water partition coefficient (Wildman–Crippen LogP) is 4.05. The number of carbonyl (C=O) groups excluding carboxylic acids is 1. The van der Waals surface area contributed by atoms with Crippen molar-refractivity contribution in [2.24, 2.45) is 0 Å². The number of ether oxygens (including phenoxy) is 1. The van der Waals surface area contributed by atoms with Gasteiger partial charge < -0.3 is 14.5 Å². The zero-order valence-corrected chi connectivity index (χ0v) is 14.7. The fourth-order valence-corrected chi connectivity index (χ4v) is 3.95. The highest BCUT2D eigenvalue weighted by atomic mass is 16.6. The Morgan fingerprint density at radius 1 is 1.13 bits per heavy atom. The molecule has 1 amide bonds. The molecule has 0 spiro atoms. The minimum absolute atomic E-state index is 0.134. The number of nitrogens with zero attached hydrogens (tertiary/aromatic N) is 2. The Labute approximate surface area is 139 Å². The van der Waals surface area contributed by atoms with Gasteiger partial charge in [0, 0.05) is 30.9 Å². The predicted molar refractivity (Wildman–Crippen MR) is 92.8 cm³/mol. The van der Waals surface area contributed by atoms with Gasteiger partial charge in [-0.25, -0.2) is 4.79 Å². The summed E-state index contributed by atoms with van der Waals surface area (Å²) in [4.78, 5) is 16.9. The van der Waals surface area contributed by atoms with E-state index < -0.39 is 5.60 Å². The van der Waals surface area contributed by atoms with Crippen LogP contribution in [0, 0.1) is 0 Å². The van der Waals surface area contributed by atoms with Crippen LogP contribution in [-0.4, -0.2) is 41.8 Å². The van der Waals surface area contributed by atoms with E-state index in [0.717, 1.165) is 25.7 Å². The summed E-state index contributed by atoms with van der Waals surface area (Å²) in [6.45, 7) is 5.80. The van der Waals surface area contributed by atoms with E-state index in [-0.39, 0.29) is 6.09 Å². The van der Waals surface area contributed by atoms with Crippen molar-refractivity contribution >= 4 is 11.8 Å². The molecule has 23 heavy (non-hydrogen) atoms. The second-order valence-corrected chi connectivity index (χ2v) is 7.84. The fourth-order valence-electron chi connectivity index (χ4n) is 3.95. The molecule has 2 heterocycles. The zero-order chi connectivity index (χ0) is 16.6. The van der Waals surface area contributed by atoms with E-state index in [1.165, 1.54) is 5.69 Å². The molecule has 4 nitrogen and oxygen atoms in total. The van der Waals surface area contributed by atoms with E-state index in [0.29, 0.717) is 18.1 Å². The number of benzene rings is 1. The fraction of sp³-hybridized carbons (Fsp3) is 0.632. The number of amides is 1. The first kappa shape index (κ1) is 16.2. The van der Waals surface area contributed by atoms with Crippen molar-refractivity contribution in [3.05, 3.63) is 30.3 Å². The van der Waals surface area contributed by atoms with Crippen LogP contribution in [-0.2, 0) is 4.74 Å². The minimum atomic E-state index is -0.422. The summed E-state index contributed by atoms with van der Waals surface area (Å²) < 4.78 is 5.61. The molecule has 126 valence electrons. The summed E-state index contributed by atoms with van der Waals surface area (Å²) in [5, 5.41) is 0. The first-order valence-corrected chi connectivity index (χ1v) is 8.64. The number of hydrogen-bond donors (Lipinski definition) is 0.